The zero-order valence-electron chi connectivity index (χ0n) is 11.5. The van der Waals surface area contributed by atoms with E-state index < -0.39 is 0 Å². The lowest BCUT2D eigenvalue weighted by Gasteiger charge is -2.24. The van der Waals surface area contributed by atoms with Crippen LogP contribution >= 0.6 is 12.2 Å². The third kappa shape index (κ3) is 5.59. The van der Waals surface area contributed by atoms with Crippen molar-refractivity contribution in [2.45, 2.75) is 57.4 Å². The van der Waals surface area contributed by atoms with E-state index in [4.69, 9.17) is 12.2 Å². The number of hydrogen-bond donors (Lipinski definition) is 3. The van der Waals surface area contributed by atoms with E-state index in [1.54, 1.807) is 6.33 Å². The van der Waals surface area contributed by atoms with Crippen LogP contribution in [0.15, 0.2) is 12.5 Å². The Hall–Kier alpha value is -1.10. The maximum Gasteiger partial charge on any atom is 0.166 e. The summed E-state index contributed by atoms with van der Waals surface area (Å²) >= 11 is 5.33. The lowest BCUT2D eigenvalue weighted by molar-refractivity contribution is 0.412. The van der Waals surface area contributed by atoms with E-state index in [0.717, 1.165) is 30.9 Å². The number of aromatic amines is 1. The molecule has 1 aromatic heterocycles. The first-order valence-electron chi connectivity index (χ1n) is 7.36. The van der Waals surface area contributed by atoms with E-state index in [-0.39, 0.29) is 0 Å². The molecule has 1 fully saturated rings. The van der Waals surface area contributed by atoms with Crippen molar-refractivity contribution >= 4 is 17.3 Å². The quantitative estimate of drug-likeness (QED) is 0.554. The van der Waals surface area contributed by atoms with Crippen molar-refractivity contribution in [1.29, 1.82) is 0 Å². The van der Waals surface area contributed by atoms with Gasteiger partial charge in [0, 0.05) is 24.5 Å². The fourth-order valence-electron chi connectivity index (χ4n) is 2.55. The molecule has 0 amide bonds. The molecule has 1 aliphatic rings. The van der Waals surface area contributed by atoms with Crippen molar-refractivity contribution in [2.24, 2.45) is 0 Å². The number of hydrogen-bond acceptors (Lipinski definition) is 2. The van der Waals surface area contributed by atoms with Crippen LogP contribution in [0, 0.1) is 0 Å². The van der Waals surface area contributed by atoms with E-state index in [1.807, 2.05) is 6.20 Å². The van der Waals surface area contributed by atoms with Crippen LogP contribution in [0.1, 0.15) is 50.6 Å². The van der Waals surface area contributed by atoms with Crippen molar-refractivity contribution in [3.8, 4) is 0 Å². The Kier molecular flexibility index (Phi) is 6.14. The fourth-order valence-corrected chi connectivity index (χ4v) is 2.82. The molecule has 0 unspecified atom stereocenters. The number of aromatic nitrogens is 2. The number of H-pyrrole nitrogens is 1. The molecule has 0 aromatic carbocycles. The molecule has 106 valence electrons. The van der Waals surface area contributed by atoms with Gasteiger partial charge in [-0.1, -0.05) is 19.3 Å². The molecular formula is C14H24N4S. The average molecular weight is 280 g/mol. The predicted molar refractivity (Wildman–Crippen MR) is 82.1 cm³/mol. The van der Waals surface area contributed by atoms with Crippen molar-refractivity contribution in [3.05, 3.63) is 18.2 Å². The number of aryl methyl sites for hydroxylation is 1. The molecule has 2 rings (SSSR count). The Morgan fingerprint density at radius 3 is 2.89 bits per heavy atom. The van der Waals surface area contributed by atoms with Crippen LogP contribution in [0.2, 0.25) is 0 Å². The molecule has 1 heterocycles. The molecule has 0 saturated heterocycles. The van der Waals surface area contributed by atoms with Crippen LogP contribution in [-0.4, -0.2) is 27.7 Å². The molecule has 5 heteroatoms. The average Bonchev–Trinajstić information content (AvgIpc) is 2.92. The van der Waals surface area contributed by atoms with Crippen molar-refractivity contribution < 1.29 is 0 Å². The van der Waals surface area contributed by atoms with Crippen molar-refractivity contribution in [3.63, 3.8) is 0 Å². The number of nitrogens with zero attached hydrogens (tertiary/aromatic N) is 1. The molecule has 0 atom stereocenters. The van der Waals surface area contributed by atoms with Gasteiger partial charge in [0.05, 0.1) is 6.33 Å². The summed E-state index contributed by atoms with van der Waals surface area (Å²) in [4.78, 5) is 7.13. The van der Waals surface area contributed by atoms with E-state index in [9.17, 15) is 0 Å². The third-order valence-electron chi connectivity index (χ3n) is 3.65. The Balaban J connectivity index is 1.49. The van der Waals surface area contributed by atoms with Crippen LogP contribution in [0.3, 0.4) is 0 Å². The first kappa shape index (κ1) is 14.3. The van der Waals surface area contributed by atoms with Gasteiger partial charge in [0.2, 0.25) is 0 Å². The van der Waals surface area contributed by atoms with Crippen LogP contribution in [0.5, 0.6) is 0 Å². The van der Waals surface area contributed by atoms with Crippen LogP contribution in [0.4, 0.5) is 0 Å². The molecule has 1 aliphatic carbocycles. The second-order valence-electron chi connectivity index (χ2n) is 5.27. The van der Waals surface area contributed by atoms with Crippen LogP contribution in [0.25, 0.3) is 0 Å². The molecule has 19 heavy (non-hydrogen) atoms. The lowest BCUT2D eigenvalue weighted by atomic mass is 9.96. The summed E-state index contributed by atoms with van der Waals surface area (Å²) in [5, 5.41) is 7.56. The van der Waals surface area contributed by atoms with E-state index >= 15 is 0 Å². The van der Waals surface area contributed by atoms with Gasteiger partial charge in [-0.3, -0.25) is 0 Å². The van der Waals surface area contributed by atoms with Gasteiger partial charge >= 0.3 is 0 Å². The predicted octanol–water partition coefficient (Wildman–Crippen LogP) is 2.53. The summed E-state index contributed by atoms with van der Waals surface area (Å²) in [5.74, 6) is 0. The highest BCUT2D eigenvalue weighted by atomic mass is 32.1. The van der Waals surface area contributed by atoms with Crippen LogP contribution < -0.4 is 10.6 Å². The zero-order chi connectivity index (χ0) is 13.3. The molecule has 0 aliphatic heterocycles. The molecule has 1 saturated carbocycles. The summed E-state index contributed by atoms with van der Waals surface area (Å²) in [6.07, 6.45) is 13.6. The Morgan fingerprint density at radius 1 is 1.32 bits per heavy atom. The summed E-state index contributed by atoms with van der Waals surface area (Å²) in [7, 11) is 0. The largest absolute Gasteiger partial charge is 0.363 e. The second-order valence-corrected chi connectivity index (χ2v) is 5.68. The zero-order valence-corrected chi connectivity index (χ0v) is 12.3. The van der Waals surface area contributed by atoms with Gasteiger partial charge in [0.25, 0.3) is 0 Å². The van der Waals surface area contributed by atoms with E-state index in [0.29, 0.717) is 6.04 Å². The summed E-state index contributed by atoms with van der Waals surface area (Å²) in [6.45, 7) is 0.951. The highest BCUT2D eigenvalue weighted by Crippen LogP contribution is 2.17. The standard InChI is InChI=1S/C14H24N4S/c19-14(18-12-6-2-1-3-7-12)16-9-5-4-8-13-10-15-11-17-13/h10-12H,1-9H2,(H,15,17)(H2,16,18,19). The SMILES string of the molecule is S=C(NCCCCc1cnc[nH]1)NC1CCCCC1. The van der Waals surface area contributed by atoms with Gasteiger partial charge in [-0.05, 0) is 44.3 Å². The van der Waals surface area contributed by atoms with E-state index in [1.165, 1.54) is 37.8 Å². The maximum atomic E-state index is 5.33. The normalized spacial score (nSPS) is 16.2. The van der Waals surface area contributed by atoms with Gasteiger partial charge in [-0.25, -0.2) is 4.98 Å². The number of rotatable bonds is 6. The highest BCUT2D eigenvalue weighted by Gasteiger charge is 2.13. The van der Waals surface area contributed by atoms with Crippen molar-refractivity contribution in [2.75, 3.05) is 6.54 Å². The minimum Gasteiger partial charge on any atom is -0.363 e. The van der Waals surface area contributed by atoms with Gasteiger partial charge < -0.3 is 15.6 Å². The maximum absolute atomic E-state index is 5.33. The molecule has 1 aromatic rings. The van der Waals surface area contributed by atoms with Crippen molar-refractivity contribution in [1.82, 2.24) is 20.6 Å². The molecule has 0 spiro atoms. The minimum atomic E-state index is 0.596. The van der Waals surface area contributed by atoms with Gasteiger partial charge in [0.15, 0.2) is 5.11 Å². The Morgan fingerprint density at radius 2 is 2.16 bits per heavy atom. The molecule has 0 radical (unpaired) electrons. The summed E-state index contributed by atoms with van der Waals surface area (Å²) in [5.41, 5.74) is 1.21. The van der Waals surface area contributed by atoms with Gasteiger partial charge in [-0.2, -0.15) is 0 Å². The minimum absolute atomic E-state index is 0.596. The molecule has 3 N–H and O–H groups in total. The summed E-state index contributed by atoms with van der Waals surface area (Å²) in [6, 6.07) is 0.596. The highest BCUT2D eigenvalue weighted by molar-refractivity contribution is 7.80. The third-order valence-corrected chi connectivity index (χ3v) is 3.92. The van der Waals surface area contributed by atoms with Gasteiger partial charge in [0.1, 0.15) is 0 Å². The smallest absolute Gasteiger partial charge is 0.166 e. The Labute approximate surface area is 120 Å². The van der Waals surface area contributed by atoms with Crippen LogP contribution in [-0.2, 0) is 6.42 Å². The number of nitrogens with one attached hydrogen (secondary N) is 3. The lowest BCUT2D eigenvalue weighted by Crippen LogP contribution is -2.42. The number of unbranched alkanes of at least 4 members (excludes halogenated alkanes) is 1. The molecular weight excluding hydrogens is 256 g/mol. The van der Waals surface area contributed by atoms with Gasteiger partial charge in [-0.15, -0.1) is 0 Å². The molecule has 0 bridgehead atoms. The monoisotopic (exact) mass is 280 g/mol. The second kappa shape index (κ2) is 8.15. The fraction of sp³-hybridized carbons (Fsp3) is 0.714. The first-order chi connectivity index (χ1) is 9.34. The summed E-state index contributed by atoms with van der Waals surface area (Å²) < 4.78 is 0. The number of thiocarbonyl (C=S) groups is 1. The molecule has 4 nitrogen and oxygen atoms in total. The first-order valence-corrected chi connectivity index (χ1v) is 7.77. The topological polar surface area (TPSA) is 52.7 Å². The van der Waals surface area contributed by atoms with E-state index in [2.05, 4.69) is 20.6 Å². The number of imidazole rings is 1. The Bertz CT molecular complexity index is 358.